The number of hydrogen-bond acceptors (Lipinski definition) is 10. The number of aromatic nitrogens is 6. The molecule has 0 saturated heterocycles. The highest BCUT2D eigenvalue weighted by molar-refractivity contribution is 6.41. The van der Waals surface area contributed by atoms with Gasteiger partial charge < -0.3 is 31.9 Å². The van der Waals surface area contributed by atoms with Gasteiger partial charge in [-0.25, -0.2) is 19.9 Å². The Hall–Kier alpha value is -9.92. The number of pyridine rings is 4. The standard InChI is InChI=1S/C30H20N2O2.C19H14N2O2.2C10H9NO.2Al/c33-27-16-6-14-25-29(27)21-10-1-3-12-23(21)31(25)19-8-5-9-20(18-19)32-24-13-4-2-11-22(24)30-26(32)15-7-17-28(30)34;22-16-5-1-3-12-7-9-14(20-18(12)16)11-15-10-8-13-4-2-6-17(23)19(13)21-15;2*1-7-5-6-8-3-2-4-9(12)10(8)11-7;;/h1-18,33-34H;1-10,22-23H,11H2;2*2-6,12H,1H3;;/q;;;;2*+3/p-6. The molecule has 1 aliphatic rings. The van der Waals surface area contributed by atoms with Crippen molar-refractivity contribution in [3.63, 3.8) is 0 Å². The number of aryl methyl sites for hydroxylation is 2. The number of hydrogen-bond donors (Lipinski definition) is 0. The Balaban J connectivity index is 0.803. The first-order chi connectivity index (χ1) is 40.9. The van der Waals surface area contributed by atoms with Gasteiger partial charge in [-0.1, -0.05) is 127 Å². The lowest BCUT2D eigenvalue weighted by Gasteiger charge is -2.20. The summed E-state index contributed by atoms with van der Waals surface area (Å²) >= 11 is -6.36. The van der Waals surface area contributed by atoms with E-state index in [-0.39, 0.29) is 0 Å². The lowest BCUT2D eigenvalue weighted by molar-refractivity contribution is 0.310. The molecular weight excluding hydrogens is 1060 g/mol. The van der Waals surface area contributed by atoms with Gasteiger partial charge in [-0.2, -0.15) is 0 Å². The lowest BCUT2D eigenvalue weighted by Crippen LogP contribution is -2.37. The van der Waals surface area contributed by atoms with Crippen molar-refractivity contribution in [2.75, 3.05) is 0 Å². The molecule has 0 saturated carbocycles. The van der Waals surface area contributed by atoms with E-state index in [9.17, 15) is 0 Å². The van der Waals surface area contributed by atoms with E-state index < -0.39 is 30.3 Å². The van der Waals surface area contributed by atoms with Gasteiger partial charge in [-0.15, -0.1) is 0 Å². The number of benzene rings is 9. The molecule has 0 radical (unpaired) electrons. The minimum atomic E-state index is -3.20. The Morgan fingerprint density at radius 3 is 1.36 bits per heavy atom. The first kappa shape index (κ1) is 48.9. The van der Waals surface area contributed by atoms with Crippen molar-refractivity contribution in [3.05, 3.63) is 253 Å². The zero-order chi connectivity index (χ0) is 55.1. The predicted octanol–water partition coefficient (Wildman–Crippen LogP) is 15.6. The van der Waals surface area contributed by atoms with Crippen LogP contribution in [0, 0.1) is 13.8 Å². The Bertz CT molecular complexity index is 4950. The smallest absolute Gasteiger partial charge is 0.577 e. The second kappa shape index (κ2) is 20.0. The van der Waals surface area contributed by atoms with Crippen LogP contribution in [0.5, 0.6) is 34.5 Å². The monoisotopic (exact) mass is 1110 g/mol. The first-order valence-electron chi connectivity index (χ1n) is 27.6. The molecule has 0 N–H and O–H groups in total. The van der Waals surface area contributed by atoms with Crippen LogP contribution in [0.2, 0.25) is 0 Å². The molecule has 4 bridgehead atoms. The minimum absolute atomic E-state index is 0.570. The fourth-order valence-corrected chi connectivity index (χ4v) is 14.5. The van der Waals surface area contributed by atoms with Crippen molar-refractivity contribution in [2.45, 2.75) is 20.3 Å². The predicted molar refractivity (Wildman–Crippen MR) is 330 cm³/mol. The molecule has 0 unspecified atom stereocenters. The average Bonchev–Trinajstić information content (AvgIpc) is 2.90. The summed E-state index contributed by atoms with van der Waals surface area (Å²) in [4.78, 5) is 20.0. The van der Waals surface area contributed by atoms with Crippen LogP contribution in [0.4, 0.5) is 0 Å². The number of rotatable bonds is 10. The zero-order valence-corrected chi connectivity index (χ0v) is 47.2. The van der Waals surface area contributed by atoms with Crippen LogP contribution in [0.25, 0.3) is 98.6 Å². The molecule has 0 amide bonds. The Labute approximate surface area is 485 Å². The molecule has 0 atom stereocenters. The average molecular weight is 1110 g/mol. The molecular formula is C69H46Al2N6O6. The lowest BCUT2D eigenvalue weighted by atomic mass is 10.1. The Morgan fingerprint density at radius 1 is 0.386 bits per heavy atom. The third-order valence-electron chi connectivity index (χ3n) is 15.5. The van der Waals surface area contributed by atoms with Crippen molar-refractivity contribution in [1.29, 1.82) is 0 Å². The largest absolute Gasteiger partial charge is 1.20 e. The van der Waals surface area contributed by atoms with Crippen LogP contribution < -0.4 is 22.7 Å². The topological polar surface area (TPSA) is 117 Å². The van der Waals surface area contributed by atoms with Gasteiger partial charge >= 0.3 is 30.3 Å². The maximum absolute atomic E-state index is 7.17. The van der Waals surface area contributed by atoms with Gasteiger partial charge in [-0.05, 0) is 117 Å². The molecule has 394 valence electrons. The fraction of sp³-hybridized carbons (Fsp3) is 0.0435. The molecule has 9 aromatic carbocycles. The van der Waals surface area contributed by atoms with Gasteiger partial charge in [0.05, 0.1) is 33.6 Å². The van der Waals surface area contributed by atoms with Crippen molar-refractivity contribution < 1.29 is 22.7 Å². The van der Waals surface area contributed by atoms with Crippen molar-refractivity contribution >= 4 is 118 Å². The summed E-state index contributed by atoms with van der Waals surface area (Å²) < 4.78 is 46.7. The van der Waals surface area contributed by atoms with Crippen molar-refractivity contribution in [2.24, 2.45) is 0 Å². The molecule has 83 heavy (non-hydrogen) atoms. The molecule has 6 aromatic heterocycles. The maximum atomic E-state index is 7.17. The van der Waals surface area contributed by atoms with E-state index in [1.165, 1.54) is 0 Å². The fourth-order valence-electron chi connectivity index (χ4n) is 11.8. The summed E-state index contributed by atoms with van der Waals surface area (Å²) in [7, 11) is 0. The van der Waals surface area contributed by atoms with Crippen LogP contribution in [0.3, 0.4) is 0 Å². The van der Waals surface area contributed by atoms with E-state index in [2.05, 4.69) is 130 Å². The molecule has 15 aromatic rings. The first-order valence-corrected chi connectivity index (χ1v) is 30.4. The van der Waals surface area contributed by atoms with Crippen molar-refractivity contribution in [1.82, 2.24) is 29.1 Å². The van der Waals surface area contributed by atoms with E-state index >= 15 is 0 Å². The number of fused-ring (bicyclic) bond motifs is 10. The second-order valence-corrected chi connectivity index (χ2v) is 23.4. The van der Waals surface area contributed by atoms with E-state index in [1.54, 1.807) is 0 Å². The highest BCUT2D eigenvalue weighted by Gasteiger charge is 2.47. The molecule has 12 nitrogen and oxygen atoms in total. The van der Waals surface area contributed by atoms with E-state index in [4.69, 9.17) is 42.7 Å². The van der Waals surface area contributed by atoms with Crippen LogP contribution in [0.1, 0.15) is 22.8 Å². The third kappa shape index (κ3) is 8.67. The van der Waals surface area contributed by atoms with Gasteiger partial charge in [0.15, 0.2) is 0 Å². The van der Waals surface area contributed by atoms with E-state index in [1.807, 2.05) is 123 Å². The highest BCUT2D eigenvalue weighted by atomic mass is 27.3. The third-order valence-corrected chi connectivity index (χ3v) is 18.2. The Morgan fingerprint density at radius 2 is 0.807 bits per heavy atom. The van der Waals surface area contributed by atoms with Gasteiger partial charge in [0.25, 0.3) is 0 Å². The summed E-state index contributed by atoms with van der Waals surface area (Å²) in [6.07, 6.45) is 0.570. The molecule has 0 fully saturated rings. The second-order valence-electron chi connectivity index (χ2n) is 20.8. The summed E-state index contributed by atoms with van der Waals surface area (Å²) in [6.45, 7) is 3.96. The molecule has 7 heterocycles. The summed E-state index contributed by atoms with van der Waals surface area (Å²) in [5, 5.41) is 7.72. The van der Waals surface area contributed by atoms with Gasteiger partial charge in [0.1, 0.15) is 45.1 Å². The molecule has 1 aliphatic heterocycles. The molecule has 16 rings (SSSR count). The molecule has 14 heteroatoms. The summed E-state index contributed by atoms with van der Waals surface area (Å²) in [5.74, 6) is 3.65. The van der Waals surface area contributed by atoms with Crippen LogP contribution in [-0.2, 0) is 6.42 Å². The van der Waals surface area contributed by atoms with Crippen molar-refractivity contribution in [3.8, 4) is 45.9 Å². The summed E-state index contributed by atoms with van der Waals surface area (Å²) in [5.41, 5.74) is 12.4. The SMILES string of the molecule is Cc1ccc2cccc([O][Al]([O]c3cccc4ccc(C)nc34)[O]c3cccc4c3c3ccccc3n4-c3cccc(-n4c5ccccc5c5c([O][Al]6[O]c7cccc8ccc(nc78)Cc7ccc8cccc(c8n7)[O]6)cccc54)c3)c2n1. The van der Waals surface area contributed by atoms with E-state index in [0.29, 0.717) is 40.9 Å². The van der Waals surface area contributed by atoms with Gasteiger partial charge in [0, 0.05) is 83.7 Å². The minimum Gasteiger partial charge on any atom is -0.577 e. The highest BCUT2D eigenvalue weighted by Crippen LogP contribution is 2.42. The molecule has 0 aliphatic carbocycles. The van der Waals surface area contributed by atoms with Crippen LogP contribution in [0.15, 0.2) is 231 Å². The normalized spacial score (nSPS) is 12.3. The maximum Gasteiger partial charge on any atom is 1.20 e. The van der Waals surface area contributed by atoms with Gasteiger partial charge in [0.2, 0.25) is 0 Å². The summed E-state index contributed by atoms with van der Waals surface area (Å²) in [6, 6.07) is 78.1. The zero-order valence-electron chi connectivity index (χ0n) is 44.9. The quantitative estimate of drug-likeness (QED) is 0.123. The number of nitrogens with zero attached hydrogens (tertiary/aromatic N) is 6. The number of para-hydroxylation sites is 6. The van der Waals surface area contributed by atoms with E-state index in [0.717, 1.165) is 121 Å². The van der Waals surface area contributed by atoms with Crippen LogP contribution in [-0.4, -0.2) is 59.4 Å². The molecule has 0 spiro atoms. The van der Waals surface area contributed by atoms with Crippen LogP contribution >= 0.6 is 0 Å². The van der Waals surface area contributed by atoms with Gasteiger partial charge in [-0.3, -0.25) is 0 Å². The Kier molecular flexibility index (Phi) is 11.8.